The normalized spacial score (nSPS) is 17.7. The molecule has 0 unspecified atom stereocenters. The minimum absolute atomic E-state index is 0.0505. The first kappa shape index (κ1) is 10.9. The number of thiazole rings is 1. The van der Waals surface area contributed by atoms with Crippen molar-refractivity contribution in [1.82, 2.24) is 9.97 Å². The first-order valence-corrected chi connectivity index (χ1v) is 6.69. The molecule has 1 aliphatic carbocycles. The van der Waals surface area contributed by atoms with Crippen LogP contribution < -0.4 is 0 Å². The zero-order chi connectivity index (χ0) is 11.7. The molecule has 1 N–H and O–H groups in total. The van der Waals surface area contributed by atoms with Crippen molar-refractivity contribution in [1.29, 1.82) is 0 Å². The van der Waals surface area contributed by atoms with Gasteiger partial charge in [-0.25, -0.2) is 4.98 Å². The Bertz CT molecular complexity index is 500. The van der Waals surface area contributed by atoms with Gasteiger partial charge in [0.2, 0.25) is 0 Å². The van der Waals surface area contributed by atoms with E-state index in [1.165, 1.54) is 6.42 Å². The molecule has 4 heteroatoms. The van der Waals surface area contributed by atoms with Gasteiger partial charge in [-0.1, -0.05) is 6.42 Å². The molecule has 1 fully saturated rings. The largest absolute Gasteiger partial charge is 0.395 e. The molecular weight excluding hydrogens is 232 g/mol. The Morgan fingerprint density at radius 1 is 1.41 bits per heavy atom. The van der Waals surface area contributed by atoms with Crippen molar-refractivity contribution in [3.63, 3.8) is 0 Å². The van der Waals surface area contributed by atoms with Gasteiger partial charge in [-0.05, 0) is 25.0 Å². The van der Waals surface area contributed by atoms with Crippen LogP contribution in [0.3, 0.4) is 0 Å². The number of aliphatic hydroxyl groups excluding tert-OH is 1. The summed E-state index contributed by atoms with van der Waals surface area (Å²) >= 11 is 1.65. The van der Waals surface area contributed by atoms with E-state index in [-0.39, 0.29) is 12.0 Å². The fourth-order valence-electron chi connectivity index (χ4n) is 2.21. The lowest BCUT2D eigenvalue weighted by atomic mass is 9.70. The van der Waals surface area contributed by atoms with Crippen LogP contribution in [0.2, 0.25) is 0 Å². The summed E-state index contributed by atoms with van der Waals surface area (Å²) in [6.45, 7) is 0.215. The lowest BCUT2D eigenvalue weighted by molar-refractivity contribution is 0.120. The fraction of sp³-hybridized carbons (Fsp3) is 0.385. The highest BCUT2D eigenvalue weighted by molar-refractivity contribution is 7.10. The Morgan fingerprint density at radius 2 is 2.29 bits per heavy atom. The molecule has 0 saturated heterocycles. The van der Waals surface area contributed by atoms with Crippen molar-refractivity contribution < 1.29 is 5.11 Å². The molecule has 0 amide bonds. The van der Waals surface area contributed by atoms with Gasteiger partial charge in [-0.2, -0.15) is 0 Å². The summed E-state index contributed by atoms with van der Waals surface area (Å²) in [6.07, 6.45) is 6.90. The SMILES string of the molecule is OCC1(c2nc(-c3cccnc3)cs2)CCC1. The molecule has 0 radical (unpaired) electrons. The summed E-state index contributed by atoms with van der Waals surface area (Å²) in [4.78, 5) is 8.77. The van der Waals surface area contributed by atoms with Crippen LogP contribution in [0, 0.1) is 0 Å². The Kier molecular flexibility index (Phi) is 2.68. The highest BCUT2D eigenvalue weighted by Crippen LogP contribution is 2.45. The number of rotatable bonds is 3. The molecule has 0 atom stereocenters. The molecule has 3 rings (SSSR count). The third-order valence-corrected chi connectivity index (χ3v) is 4.62. The minimum atomic E-state index is -0.0505. The van der Waals surface area contributed by atoms with E-state index in [2.05, 4.69) is 15.3 Å². The van der Waals surface area contributed by atoms with Gasteiger partial charge in [0.15, 0.2) is 0 Å². The number of hydrogen-bond acceptors (Lipinski definition) is 4. The Morgan fingerprint density at radius 3 is 2.88 bits per heavy atom. The van der Waals surface area contributed by atoms with Crippen molar-refractivity contribution in [2.45, 2.75) is 24.7 Å². The molecule has 2 aromatic rings. The van der Waals surface area contributed by atoms with Gasteiger partial charge in [0.05, 0.1) is 12.3 Å². The van der Waals surface area contributed by atoms with Crippen molar-refractivity contribution in [3.05, 3.63) is 34.9 Å². The third-order valence-electron chi connectivity index (χ3n) is 3.53. The van der Waals surface area contributed by atoms with Gasteiger partial charge < -0.3 is 5.11 Å². The molecule has 3 nitrogen and oxygen atoms in total. The van der Waals surface area contributed by atoms with E-state index >= 15 is 0 Å². The highest BCUT2D eigenvalue weighted by atomic mass is 32.1. The fourth-order valence-corrected chi connectivity index (χ4v) is 3.29. The summed E-state index contributed by atoms with van der Waals surface area (Å²) in [6, 6.07) is 3.93. The Hall–Kier alpha value is -1.26. The average molecular weight is 246 g/mol. The van der Waals surface area contributed by atoms with Crippen LogP contribution in [0.1, 0.15) is 24.3 Å². The van der Waals surface area contributed by atoms with Gasteiger partial charge in [0.25, 0.3) is 0 Å². The second kappa shape index (κ2) is 4.20. The topological polar surface area (TPSA) is 46.0 Å². The van der Waals surface area contributed by atoms with Crippen LogP contribution in [0.15, 0.2) is 29.9 Å². The number of aromatic nitrogens is 2. The zero-order valence-corrected chi connectivity index (χ0v) is 10.3. The Labute approximate surface area is 104 Å². The van der Waals surface area contributed by atoms with Crippen molar-refractivity contribution in [3.8, 4) is 11.3 Å². The van der Waals surface area contributed by atoms with Crippen molar-refractivity contribution in [2.24, 2.45) is 0 Å². The summed E-state index contributed by atoms with van der Waals surface area (Å²) in [5, 5.41) is 12.7. The predicted molar refractivity (Wildman–Crippen MR) is 68.0 cm³/mol. The van der Waals surface area contributed by atoms with Crippen LogP contribution >= 0.6 is 11.3 Å². The lowest BCUT2D eigenvalue weighted by Crippen LogP contribution is -2.37. The second-order valence-corrected chi connectivity index (χ2v) is 5.43. The number of nitrogens with zero attached hydrogens (tertiary/aromatic N) is 2. The molecule has 2 heterocycles. The van der Waals surface area contributed by atoms with Crippen LogP contribution in [0.5, 0.6) is 0 Å². The number of aliphatic hydroxyl groups is 1. The van der Waals surface area contributed by atoms with Crippen LogP contribution in [0.4, 0.5) is 0 Å². The second-order valence-electron chi connectivity index (χ2n) is 4.57. The van der Waals surface area contributed by atoms with E-state index in [1.807, 2.05) is 18.3 Å². The minimum Gasteiger partial charge on any atom is -0.395 e. The van der Waals surface area contributed by atoms with Crippen LogP contribution in [-0.4, -0.2) is 21.7 Å². The zero-order valence-electron chi connectivity index (χ0n) is 9.47. The lowest BCUT2D eigenvalue weighted by Gasteiger charge is -2.38. The van der Waals surface area contributed by atoms with E-state index in [4.69, 9.17) is 0 Å². The van der Waals surface area contributed by atoms with E-state index in [1.54, 1.807) is 17.5 Å². The first-order valence-electron chi connectivity index (χ1n) is 5.81. The molecule has 2 aromatic heterocycles. The molecule has 0 aliphatic heterocycles. The maximum atomic E-state index is 9.52. The summed E-state index contributed by atoms with van der Waals surface area (Å²) in [5.74, 6) is 0. The first-order chi connectivity index (χ1) is 8.34. The third kappa shape index (κ3) is 1.77. The van der Waals surface area contributed by atoms with Gasteiger partial charge in [0.1, 0.15) is 5.01 Å². The van der Waals surface area contributed by atoms with Crippen molar-refractivity contribution in [2.75, 3.05) is 6.61 Å². The van der Waals surface area contributed by atoms with Gasteiger partial charge in [-0.3, -0.25) is 4.98 Å². The van der Waals surface area contributed by atoms with E-state index in [0.29, 0.717) is 0 Å². The number of pyridine rings is 1. The smallest absolute Gasteiger partial charge is 0.102 e. The molecular formula is C13H14N2OS. The standard InChI is InChI=1S/C13H14N2OS/c16-9-13(4-2-5-13)12-15-11(8-17-12)10-3-1-6-14-7-10/h1,3,6-8,16H,2,4-5,9H2. The van der Waals surface area contributed by atoms with Crippen LogP contribution in [-0.2, 0) is 5.41 Å². The van der Waals surface area contributed by atoms with Gasteiger partial charge in [0, 0.05) is 28.8 Å². The molecule has 1 aliphatic rings. The monoisotopic (exact) mass is 246 g/mol. The predicted octanol–water partition coefficient (Wildman–Crippen LogP) is 2.62. The maximum Gasteiger partial charge on any atom is 0.102 e. The van der Waals surface area contributed by atoms with Crippen LogP contribution in [0.25, 0.3) is 11.3 Å². The Balaban J connectivity index is 1.93. The molecule has 0 spiro atoms. The van der Waals surface area contributed by atoms with E-state index in [0.717, 1.165) is 29.1 Å². The highest BCUT2D eigenvalue weighted by Gasteiger charge is 2.40. The van der Waals surface area contributed by atoms with Crippen molar-refractivity contribution >= 4 is 11.3 Å². The maximum absolute atomic E-state index is 9.52. The molecule has 88 valence electrons. The van der Waals surface area contributed by atoms with E-state index < -0.39 is 0 Å². The molecule has 1 saturated carbocycles. The van der Waals surface area contributed by atoms with E-state index in [9.17, 15) is 5.11 Å². The summed E-state index contributed by atoms with van der Waals surface area (Å²) < 4.78 is 0. The molecule has 0 aromatic carbocycles. The van der Waals surface area contributed by atoms with Gasteiger partial charge in [-0.15, -0.1) is 11.3 Å². The average Bonchev–Trinajstić information content (AvgIpc) is 2.80. The van der Waals surface area contributed by atoms with Gasteiger partial charge >= 0.3 is 0 Å². The quantitative estimate of drug-likeness (QED) is 0.905. The summed E-state index contributed by atoms with van der Waals surface area (Å²) in [7, 11) is 0. The molecule has 17 heavy (non-hydrogen) atoms. The number of hydrogen-bond donors (Lipinski definition) is 1. The molecule has 0 bridgehead atoms. The summed E-state index contributed by atoms with van der Waals surface area (Å²) in [5.41, 5.74) is 1.96.